The molecule has 1 N–H and O–H groups in total. The van der Waals surface area contributed by atoms with Crippen LogP contribution in [0.2, 0.25) is 0 Å². The highest BCUT2D eigenvalue weighted by Crippen LogP contribution is 2.16. The molecule has 0 aromatic carbocycles. The predicted molar refractivity (Wildman–Crippen MR) is 61.2 cm³/mol. The molecular formula is C10H16N2O2S. The Morgan fingerprint density at radius 3 is 3.00 bits per heavy atom. The molecule has 0 aliphatic rings. The van der Waals surface area contributed by atoms with Crippen LogP contribution >= 0.6 is 11.3 Å². The van der Waals surface area contributed by atoms with Crippen LogP contribution in [0.4, 0.5) is 5.13 Å². The van der Waals surface area contributed by atoms with E-state index in [0.717, 1.165) is 10.8 Å². The number of anilines is 1. The maximum Gasteiger partial charge on any atom is 0.311 e. The molecule has 5 heteroatoms. The van der Waals surface area contributed by atoms with Gasteiger partial charge >= 0.3 is 5.97 Å². The smallest absolute Gasteiger partial charge is 0.311 e. The summed E-state index contributed by atoms with van der Waals surface area (Å²) in [5, 5.41) is 5.91. The van der Waals surface area contributed by atoms with Crippen molar-refractivity contribution in [3.8, 4) is 0 Å². The van der Waals surface area contributed by atoms with E-state index in [1.807, 2.05) is 19.2 Å². The lowest BCUT2D eigenvalue weighted by Crippen LogP contribution is -2.10. The van der Waals surface area contributed by atoms with E-state index in [2.05, 4.69) is 10.3 Å². The molecule has 1 aromatic heterocycles. The molecule has 0 atom stereocenters. The van der Waals surface area contributed by atoms with Gasteiger partial charge in [-0.05, 0) is 20.8 Å². The quantitative estimate of drug-likeness (QED) is 0.784. The van der Waals surface area contributed by atoms with Gasteiger partial charge in [-0.2, -0.15) is 0 Å². The maximum absolute atomic E-state index is 11.2. The molecule has 0 bridgehead atoms. The van der Waals surface area contributed by atoms with Crippen molar-refractivity contribution in [2.24, 2.45) is 0 Å². The summed E-state index contributed by atoms with van der Waals surface area (Å²) in [5.74, 6) is -0.223. The van der Waals surface area contributed by atoms with Gasteiger partial charge in [-0.25, -0.2) is 4.98 Å². The van der Waals surface area contributed by atoms with Crippen LogP contribution < -0.4 is 5.32 Å². The van der Waals surface area contributed by atoms with Gasteiger partial charge < -0.3 is 10.1 Å². The number of aromatic nitrogens is 1. The van der Waals surface area contributed by atoms with Crippen LogP contribution in [0.3, 0.4) is 0 Å². The van der Waals surface area contributed by atoms with Crippen LogP contribution in [-0.2, 0) is 16.0 Å². The summed E-state index contributed by atoms with van der Waals surface area (Å²) in [5.41, 5.74) is 0.765. The minimum Gasteiger partial charge on any atom is -0.466 e. The van der Waals surface area contributed by atoms with Gasteiger partial charge in [-0.15, -0.1) is 11.3 Å². The lowest BCUT2D eigenvalue weighted by Gasteiger charge is -2.04. The zero-order chi connectivity index (χ0) is 11.3. The van der Waals surface area contributed by atoms with E-state index in [9.17, 15) is 4.79 Å². The molecule has 1 aromatic rings. The SMILES string of the molecule is CCOC(=O)Cc1csc(NC(C)C)n1. The van der Waals surface area contributed by atoms with E-state index in [1.54, 1.807) is 6.92 Å². The number of nitrogens with zero attached hydrogens (tertiary/aromatic N) is 1. The first-order chi connectivity index (χ1) is 7.11. The van der Waals surface area contributed by atoms with Crippen molar-refractivity contribution in [1.82, 2.24) is 4.98 Å². The summed E-state index contributed by atoms with van der Waals surface area (Å²) in [4.78, 5) is 15.4. The summed E-state index contributed by atoms with van der Waals surface area (Å²) in [6.07, 6.45) is 0.254. The average molecular weight is 228 g/mol. The number of nitrogens with one attached hydrogen (secondary N) is 1. The zero-order valence-electron chi connectivity index (χ0n) is 9.24. The second-order valence-corrected chi connectivity index (χ2v) is 4.28. The summed E-state index contributed by atoms with van der Waals surface area (Å²) in [7, 11) is 0. The van der Waals surface area contributed by atoms with E-state index in [0.29, 0.717) is 12.6 Å². The van der Waals surface area contributed by atoms with E-state index in [4.69, 9.17) is 4.74 Å². The first-order valence-corrected chi connectivity index (χ1v) is 5.86. The molecule has 84 valence electrons. The topological polar surface area (TPSA) is 51.2 Å². The zero-order valence-corrected chi connectivity index (χ0v) is 10.1. The Labute approximate surface area is 93.7 Å². The Morgan fingerprint density at radius 1 is 1.67 bits per heavy atom. The molecule has 0 saturated heterocycles. The predicted octanol–water partition coefficient (Wildman–Crippen LogP) is 2.07. The normalized spacial score (nSPS) is 10.4. The monoisotopic (exact) mass is 228 g/mol. The van der Waals surface area contributed by atoms with Crippen LogP contribution in [0.15, 0.2) is 5.38 Å². The fraction of sp³-hybridized carbons (Fsp3) is 0.600. The second kappa shape index (κ2) is 5.70. The third-order valence-corrected chi connectivity index (χ3v) is 2.42. The number of rotatable bonds is 5. The number of esters is 1. The van der Waals surface area contributed by atoms with Gasteiger partial charge in [0.25, 0.3) is 0 Å². The van der Waals surface area contributed by atoms with Gasteiger partial charge in [0.15, 0.2) is 5.13 Å². The lowest BCUT2D eigenvalue weighted by molar-refractivity contribution is -0.142. The summed E-state index contributed by atoms with van der Waals surface area (Å²) >= 11 is 1.51. The van der Waals surface area contributed by atoms with Gasteiger partial charge in [0.1, 0.15) is 0 Å². The molecule has 0 aliphatic heterocycles. The van der Waals surface area contributed by atoms with Crippen LogP contribution in [0.25, 0.3) is 0 Å². The third-order valence-electron chi connectivity index (χ3n) is 1.59. The first kappa shape index (κ1) is 12.0. The molecule has 4 nitrogen and oxygen atoms in total. The van der Waals surface area contributed by atoms with Crippen molar-refractivity contribution in [2.75, 3.05) is 11.9 Å². The molecule has 0 aliphatic carbocycles. The Hall–Kier alpha value is -1.10. The van der Waals surface area contributed by atoms with Crippen LogP contribution in [0, 0.1) is 0 Å². The van der Waals surface area contributed by atoms with Crippen LogP contribution in [0.1, 0.15) is 26.5 Å². The van der Waals surface area contributed by atoms with Crippen molar-refractivity contribution < 1.29 is 9.53 Å². The molecule has 15 heavy (non-hydrogen) atoms. The van der Waals surface area contributed by atoms with Gasteiger partial charge in [-0.3, -0.25) is 4.79 Å². The Bertz CT molecular complexity index is 323. The minimum atomic E-state index is -0.223. The van der Waals surface area contributed by atoms with Crippen molar-refractivity contribution in [3.63, 3.8) is 0 Å². The summed E-state index contributed by atoms with van der Waals surface area (Å²) in [6, 6.07) is 0.353. The molecule has 0 unspecified atom stereocenters. The summed E-state index contributed by atoms with van der Waals surface area (Å²) < 4.78 is 4.84. The number of carbonyl (C=O) groups is 1. The highest BCUT2D eigenvalue weighted by atomic mass is 32.1. The molecule has 1 heterocycles. The molecular weight excluding hydrogens is 212 g/mol. The Morgan fingerprint density at radius 2 is 2.40 bits per heavy atom. The van der Waals surface area contributed by atoms with E-state index >= 15 is 0 Å². The van der Waals surface area contributed by atoms with E-state index in [1.165, 1.54) is 11.3 Å². The van der Waals surface area contributed by atoms with Crippen molar-refractivity contribution in [3.05, 3.63) is 11.1 Å². The number of hydrogen-bond donors (Lipinski definition) is 1. The number of carbonyl (C=O) groups excluding carboxylic acids is 1. The first-order valence-electron chi connectivity index (χ1n) is 4.98. The Balaban J connectivity index is 2.49. The third kappa shape index (κ3) is 4.29. The molecule has 0 saturated carbocycles. The van der Waals surface area contributed by atoms with Crippen LogP contribution in [0.5, 0.6) is 0 Å². The second-order valence-electron chi connectivity index (χ2n) is 3.42. The van der Waals surface area contributed by atoms with Crippen molar-refractivity contribution in [1.29, 1.82) is 0 Å². The van der Waals surface area contributed by atoms with Crippen LogP contribution in [-0.4, -0.2) is 23.6 Å². The fourth-order valence-corrected chi connectivity index (χ4v) is 1.92. The molecule has 0 amide bonds. The fourth-order valence-electron chi connectivity index (χ4n) is 1.06. The highest BCUT2D eigenvalue weighted by molar-refractivity contribution is 7.13. The number of thiazole rings is 1. The van der Waals surface area contributed by atoms with Gasteiger partial charge in [0, 0.05) is 11.4 Å². The lowest BCUT2D eigenvalue weighted by atomic mass is 10.3. The largest absolute Gasteiger partial charge is 0.466 e. The highest BCUT2D eigenvalue weighted by Gasteiger charge is 2.08. The van der Waals surface area contributed by atoms with Crippen molar-refractivity contribution >= 4 is 22.4 Å². The average Bonchev–Trinajstić information content (AvgIpc) is 2.51. The maximum atomic E-state index is 11.2. The number of ether oxygens (including phenoxy) is 1. The molecule has 0 radical (unpaired) electrons. The standard InChI is InChI=1S/C10H16N2O2S/c1-4-14-9(13)5-8-6-15-10(12-8)11-7(2)3/h6-7H,4-5H2,1-3H3,(H,11,12). The number of hydrogen-bond acceptors (Lipinski definition) is 5. The Kier molecular flexibility index (Phi) is 4.55. The van der Waals surface area contributed by atoms with Gasteiger partial charge in [-0.1, -0.05) is 0 Å². The van der Waals surface area contributed by atoms with Gasteiger partial charge in [0.05, 0.1) is 18.7 Å². The van der Waals surface area contributed by atoms with Crippen molar-refractivity contribution in [2.45, 2.75) is 33.2 Å². The van der Waals surface area contributed by atoms with E-state index in [-0.39, 0.29) is 12.4 Å². The molecule has 0 spiro atoms. The summed E-state index contributed by atoms with van der Waals surface area (Å²) in [6.45, 7) is 6.31. The van der Waals surface area contributed by atoms with Gasteiger partial charge in [0.2, 0.25) is 0 Å². The molecule has 1 rings (SSSR count). The minimum absolute atomic E-state index is 0.223. The molecule has 0 fully saturated rings. The van der Waals surface area contributed by atoms with E-state index < -0.39 is 0 Å².